The van der Waals surface area contributed by atoms with E-state index in [1.165, 1.54) is 12.1 Å². The van der Waals surface area contributed by atoms with Gasteiger partial charge < -0.3 is 4.74 Å². The van der Waals surface area contributed by atoms with Gasteiger partial charge in [-0.2, -0.15) is 0 Å². The van der Waals surface area contributed by atoms with E-state index in [1.807, 2.05) is 32.9 Å². The largest absolute Gasteiger partial charge is 0.492 e. The Kier molecular flexibility index (Phi) is 4.98. The van der Waals surface area contributed by atoms with Crippen molar-refractivity contribution in [2.75, 3.05) is 11.3 Å². The molecule has 0 saturated carbocycles. The Morgan fingerprint density at radius 3 is 2.50 bits per heavy atom. The molecule has 118 valence electrons. The lowest BCUT2D eigenvalue weighted by atomic mass is 10.1. The highest BCUT2D eigenvalue weighted by molar-refractivity contribution is 7.92. The van der Waals surface area contributed by atoms with Crippen molar-refractivity contribution in [1.29, 1.82) is 0 Å². The first kappa shape index (κ1) is 16.6. The summed E-state index contributed by atoms with van der Waals surface area (Å²) in [6.45, 7) is 6.06. The molecule has 0 aromatic heterocycles. The van der Waals surface area contributed by atoms with Gasteiger partial charge in [0.2, 0.25) is 0 Å². The molecule has 0 saturated heterocycles. The number of nitrogens with one attached hydrogen (secondary N) is 1. The van der Waals surface area contributed by atoms with Crippen LogP contribution in [0, 0.1) is 13.8 Å². The third-order valence-electron chi connectivity index (χ3n) is 3.15. The average Bonchev–Trinajstić information content (AvgIpc) is 2.45. The second-order valence-corrected chi connectivity index (χ2v) is 7.04. The number of sulfonamides is 1. The summed E-state index contributed by atoms with van der Waals surface area (Å²) in [6, 6.07) is 10.0. The summed E-state index contributed by atoms with van der Waals surface area (Å²) in [5.41, 5.74) is 2.39. The van der Waals surface area contributed by atoms with Gasteiger partial charge in [0.15, 0.2) is 0 Å². The Hall–Kier alpha value is -1.72. The molecule has 0 aliphatic rings. The molecule has 0 aliphatic heterocycles. The minimum atomic E-state index is -3.70. The molecule has 0 spiro atoms. The van der Waals surface area contributed by atoms with Crippen molar-refractivity contribution in [3.63, 3.8) is 0 Å². The smallest absolute Gasteiger partial charge is 0.261 e. The molecule has 1 N–H and O–H groups in total. The van der Waals surface area contributed by atoms with Gasteiger partial charge in [-0.25, -0.2) is 8.42 Å². The van der Waals surface area contributed by atoms with Crippen molar-refractivity contribution < 1.29 is 13.2 Å². The summed E-state index contributed by atoms with van der Waals surface area (Å²) in [7, 11) is -3.70. The van der Waals surface area contributed by atoms with Gasteiger partial charge in [-0.3, -0.25) is 4.72 Å². The zero-order chi connectivity index (χ0) is 16.3. The van der Waals surface area contributed by atoms with E-state index in [0.29, 0.717) is 18.0 Å². The van der Waals surface area contributed by atoms with E-state index in [2.05, 4.69) is 4.72 Å². The van der Waals surface area contributed by atoms with Crippen LogP contribution in [0.2, 0.25) is 5.02 Å². The Morgan fingerprint density at radius 2 is 1.86 bits per heavy atom. The molecule has 0 aliphatic carbocycles. The van der Waals surface area contributed by atoms with E-state index < -0.39 is 10.0 Å². The average molecular weight is 340 g/mol. The van der Waals surface area contributed by atoms with Gasteiger partial charge in [0.25, 0.3) is 10.0 Å². The first-order valence-corrected chi connectivity index (χ1v) is 8.72. The maximum Gasteiger partial charge on any atom is 0.261 e. The van der Waals surface area contributed by atoms with Crippen molar-refractivity contribution in [1.82, 2.24) is 0 Å². The number of anilines is 1. The third-order valence-corrected chi connectivity index (χ3v) is 4.81. The molecule has 0 unspecified atom stereocenters. The van der Waals surface area contributed by atoms with E-state index in [-0.39, 0.29) is 9.92 Å². The fourth-order valence-electron chi connectivity index (χ4n) is 1.97. The Labute approximate surface area is 136 Å². The predicted octanol–water partition coefficient (Wildman–Crippen LogP) is 4.16. The number of benzene rings is 2. The van der Waals surface area contributed by atoms with Crippen LogP contribution in [-0.4, -0.2) is 15.0 Å². The van der Waals surface area contributed by atoms with Gasteiger partial charge in [0, 0.05) is 0 Å². The van der Waals surface area contributed by atoms with Gasteiger partial charge in [-0.15, -0.1) is 0 Å². The summed E-state index contributed by atoms with van der Waals surface area (Å²) in [5, 5.41) is 0.269. The van der Waals surface area contributed by atoms with Crippen molar-refractivity contribution in [3.05, 3.63) is 52.5 Å². The van der Waals surface area contributed by atoms with Crippen LogP contribution in [0.4, 0.5) is 5.69 Å². The van der Waals surface area contributed by atoms with Crippen LogP contribution in [0.25, 0.3) is 0 Å². The zero-order valence-corrected chi connectivity index (χ0v) is 14.3. The van der Waals surface area contributed by atoms with Crippen molar-refractivity contribution in [3.8, 4) is 5.75 Å². The molecule has 0 amide bonds. The second kappa shape index (κ2) is 6.58. The van der Waals surface area contributed by atoms with Crippen molar-refractivity contribution in [2.24, 2.45) is 0 Å². The molecule has 6 heteroatoms. The minimum Gasteiger partial charge on any atom is -0.492 e. The SMILES string of the molecule is CCOc1ccc(S(=O)(=O)Nc2cc(C)ccc2C)cc1Cl. The number of halogens is 1. The first-order chi connectivity index (χ1) is 10.3. The lowest BCUT2D eigenvalue weighted by Crippen LogP contribution is -2.14. The van der Waals surface area contributed by atoms with Crippen LogP contribution in [0.5, 0.6) is 5.75 Å². The van der Waals surface area contributed by atoms with E-state index in [4.69, 9.17) is 16.3 Å². The molecule has 2 rings (SSSR count). The molecule has 0 heterocycles. The summed E-state index contributed by atoms with van der Waals surface area (Å²) in [5.74, 6) is 0.467. The minimum absolute atomic E-state index is 0.0989. The Balaban J connectivity index is 2.34. The highest BCUT2D eigenvalue weighted by Crippen LogP contribution is 2.28. The number of aryl methyl sites for hydroxylation is 2. The maximum absolute atomic E-state index is 12.5. The quantitative estimate of drug-likeness (QED) is 0.890. The summed E-state index contributed by atoms with van der Waals surface area (Å²) in [4.78, 5) is 0.0989. The van der Waals surface area contributed by atoms with Crippen LogP contribution in [0.3, 0.4) is 0 Å². The number of rotatable bonds is 5. The monoisotopic (exact) mass is 339 g/mol. The Morgan fingerprint density at radius 1 is 1.14 bits per heavy atom. The highest BCUT2D eigenvalue weighted by atomic mass is 35.5. The number of ether oxygens (including phenoxy) is 1. The van der Waals surface area contributed by atoms with Crippen LogP contribution < -0.4 is 9.46 Å². The topological polar surface area (TPSA) is 55.4 Å². The van der Waals surface area contributed by atoms with E-state index in [1.54, 1.807) is 12.1 Å². The standard InChI is InChI=1S/C16H18ClNO3S/c1-4-21-16-8-7-13(10-14(16)17)22(19,20)18-15-9-11(2)5-6-12(15)3/h5-10,18H,4H2,1-3H3. The van der Waals surface area contributed by atoms with E-state index >= 15 is 0 Å². The lowest BCUT2D eigenvalue weighted by Gasteiger charge is -2.12. The van der Waals surface area contributed by atoms with Gasteiger partial charge in [0.1, 0.15) is 5.75 Å². The number of hydrogen-bond acceptors (Lipinski definition) is 3. The molecular weight excluding hydrogens is 322 g/mol. The highest BCUT2D eigenvalue weighted by Gasteiger charge is 2.17. The molecule has 0 fully saturated rings. The number of hydrogen-bond donors (Lipinski definition) is 1. The van der Waals surface area contributed by atoms with E-state index in [9.17, 15) is 8.42 Å². The zero-order valence-electron chi connectivity index (χ0n) is 12.7. The van der Waals surface area contributed by atoms with Crippen LogP contribution in [-0.2, 0) is 10.0 Å². The van der Waals surface area contributed by atoms with Crippen molar-refractivity contribution in [2.45, 2.75) is 25.7 Å². The van der Waals surface area contributed by atoms with Gasteiger partial charge in [-0.05, 0) is 56.2 Å². The van der Waals surface area contributed by atoms with Crippen LogP contribution >= 0.6 is 11.6 Å². The second-order valence-electron chi connectivity index (χ2n) is 4.95. The van der Waals surface area contributed by atoms with Crippen LogP contribution in [0.15, 0.2) is 41.3 Å². The fourth-order valence-corrected chi connectivity index (χ4v) is 3.42. The fraction of sp³-hybridized carbons (Fsp3) is 0.250. The molecule has 2 aromatic rings. The van der Waals surface area contributed by atoms with Gasteiger partial charge >= 0.3 is 0 Å². The lowest BCUT2D eigenvalue weighted by molar-refractivity contribution is 0.340. The predicted molar refractivity (Wildman–Crippen MR) is 89.3 cm³/mol. The first-order valence-electron chi connectivity index (χ1n) is 6.86. The van der Waals surface area contributed by atoms with E-state index in [0.717, 1.165) is 11.1 Å². The van der Waals surface area contributed by atoms with Gasteiger partial charge in [-0.1, -0.05) is 23.7 Å². The molecule has 0 atom stereocenters. The molecular formula is C16H18ClNO3S. The van der Waals surface area contributed by atoms with Gasteiger partial charge in [0.05, 0.1) is 22.2 Å². The molecule has 4 nitrogen and oxygen atoms in total. The van der Waals surface area contributed by atoms with Crippen LogP contribution in [0.1, 0.15) is 18.1 Å². The normalized spacial score (nSPS) is 11.3. The maximum atomic E-state index is 12.5. The molecule has 2 aromatic carbocycles. The summed E-state index contributed by atoms with van der Waals surface area (Å²) < 4.78 is 32.9. The summed E-state index contributed by atoms with van der Waals surface area (Å²) >= 11 is 6.06. The Bertz CT molecular complexity index is 788. The third kappa shape index (κ3) is 3.72. The summed E-state index contributed by atoms with van der Waals surface area (Å²) in [6.07, 6.45) is 0. The van der Waals surface area contributed by atoms with Crippen molar-refractivity contribution >= 4 is 27.3 Å². The molecule has 0 radical (unpaired) electrons. The molecule has 22 heavy (non-hydrogen) atoms. The molecule has 0 bridgehead atoms.